The summed E-state index contributed by atoms with van der Waals surface area (Å²) in [5, 5.41) is 7.83. The van der Waals surface area contributed by atoms with Gasteiger partial charge in [0.1, 0.15) is 5.01 Å². The fraction of sp³-hybridized carbons (Fsp3) is 0.308. The lowest BCUT2D eigenvalue weighted by Crippen LogP contribution is -2.35. The molecule has 0 atom stereocenters. The molecule has 0 saturated carbocycles. The van der Waals surface area contributed by atoms with E-state index in [2.05, 4.69) is 24.1 Å². The van der Waals surface area contributed by atoms with Crippen LogP contribution in [0.4, 0.5) is 0 Å². The van der Waals surface area contributed by atoms with Crippen LogP contribution in [0.15, 0.2) is 29.8 Å². The van der Waals surface area contributed by atoms with E-state index >= 15 is 0 Å². The van der Waals surface area contributed by atoms with Gasteiger partial charge in [0.15, 0.2) is 0 Å². The minimum Gasteiger partial charge on any atom is -0.302 e. The SMILES string of the molecule is CC(C)(NCc1cc(Cl)cc(Cl)c1)c1nccs1. The average molecular weight is 301 g/mol. The number of aromatic nitrogens is 1. The summed E-state index contributed by atoms with van der Waals surface area (Å²) in [6, 6.07) is 5.56. The third kappa shape index (κ3) is 3.45. The van der Waals surface area contributed by atoms with Crippen LogP contribution in [0.2, 0.25) is 10.0 Å². The van der Waals surface area contributed by atoms with Crippen molar-refractivity contribution >= 4 is 34.5 Å². The molecule has 0 aliphatic carbocycles. The molecule has 0 saturated heterocycles. The van der Waals surface area contributed by atoms with Crippen molar-refractivity contribution in [2.24, 2.45) is 0 Å². The van der Waals surface area contributed by atoms with E-state index in [4.69, 9.17) is 23.2 Å². The van der Waals surface area contributed by atoms with E-state index in [-0.39, 0.29) is 5.54 Å². The monoisotopic (exact) mass is 300 g/mol. The highest BCUT2D eigenvalue weighted by Crippen LogP contribution is 2.24. The molecule has 18 heavy (non-hydrogen) atoms. The average Bonchev–Trinajstić information content (AvgIpc) is 2.79. The van der Waals surface area contributed by atoms with Crippen LogP contribution in [0.25, 0.3) is 0 Å². The van der Waals surface area contributed by atoms with E-state index in [9.17, 15) is 0 Å². The second-order valence-electron chi connectivity index (χ2n) is 4.59. The number of halogens is 2. The highest BCUT2D eigenvalue weighted by molar-refractivity contribution is 7.09. The molecular formula is C13H14Cl2N2S. The van der Waals surface area contributed by atoms with Crippen molar-refractivity contribution in [1.29, 1.82) is 0 Å². The van der Waals surface area contributed by atoms with Crippen LogP contribution in [-0.2, 0) is 12.1 Å². The van der Waals surface area contributed by atoms with Crippen LogP contribution in [0.1, 0.15) is 24.4 Å². The van der Waals surface area contributed by atoms with Crippen LogP contribution in [0.5, 0.6) is 0 Å². The largest absolute Gasteiger partial charge is 0.302 e. The lowest BCUT2D eigenvalue weighted by atomic mass is 10.1. The van der Waals surface area contributed by atoms with Gasteiger partial charge in [0, 0.05) is 28.2 Å². The molecule has 96 valence electrons. The topological polar surface area (TPSA) is 24.9 Å². The second kappa shape index (κ2) is 5.57. The van der Waals surface area contributed by atoms with Crippen LogP contribution < -0.4 is 5.32 Å². The van der Waals surface area contributed by atoms with E-state index in [0.717, 1.165) is 10.6 Å². The number of thiazole rings is 1. The van der Waals surface area contributed by atoms with Gasteiger partial charge in [-0.05, 0) is 37.6 Å². The first-order chi connectivity index (χ1) is 8.47. The van der Waals surface area contributed by atoms with Crippen molar-refractivity contribution in [2.75, 3.05) is 0 Å². The Morgan fingerprint density at radius 2 is 1.89 bits per heavy atom. The zero-order chi connectivity index (χ0) is 13.2. The van der Waals surface area contributed by atoms with E-state index in [1.165, 1.54) is 0 Å². The number of benzene rings is 1. The summed E-state index contributed by atoms with van der Waals surface area (Å²) >= 11 is 13.6. The van der Waals surface area contributed by atoms with Gasteiger partial charge in [0.25, 0.3) is 0 Å². The van der Waals surface area contributed by atoms with Gasteiger partial charge in [0.2, 0.25) is 0 Å². The van der Waals surface area contributed by atoms with Gasteiger partial charge in [-0.15, -0.1) is 11.3 Å². The van der Waals surface area contributed by atoms with Gasteiger partial charge in [-0.25, -0.2) is 4.98 Å². The maximum absolute atomic E-state index is 5.98. The normalized spacial score (nSPS) is 11.8. The molecule has 5 heteroatoms. The van der Waals surface area contributed by atoms with Gasteiger partial charge in [-0.3, -0.25) is 0 Å². The summed E-state index contributed by atoms with van der Waals surface area (Å²) in [4.78, 5) is 4.34. The molecule has 0 spiro atoms. The number of rotatable bonds is 4. The maximum Gasteiger partial charge on any atom is 0.112 e. The van der Waals surface area contributed by atoms with E-state index in [1.54, 1.807) is 17.4 Å². The fourth-order valence-corrected chi connectivity index (χ4v) is 2.95. The summed E-state index contributed by atoms with van der Waals surface area (Å²) in [6.07, 6.45) is 1.82. The number of hydrogen-bond donors (Lipinski definition) is 1. The zero-order valence-corrected chi connectivity index (χ0v) is 12.5. The second-order valence-corrected chi connectivity index (χ2v) is 6.36. The molecule has 0 aliphatic rings. The molecule has 0 unspecified atom stereocenters. The third-order valence-corrected chi connectivity index (χ3v) is 4.16. The first kappa shape index (κ1) is 13.8. The molecule has 0 bridgehead atoms. The van der Waals surface area contributed by atoms with Crippen molar-refractivity contribution in [3.63, 3.8) is 0 Å². The van der Waals surface area contributed by atoms with E-state index in [1.807, 2.05) is 23.7 Å². The van der Waals surface area contributed by atoms with Crippen molar-refractivity contribution in [2.45, 2.75) is 25.9 Å². The first-order valence-electron chi connectivity index (χ1n) is 5.57. The van der Waals surface area contributed by atoms with E-state index in [0.29, 0.717) is 16.6 Å². The van der Waals surface area contributed by atoms with Crippen molar-refractivity contribution in [1.82, 2.24) is 10.3 Å². The van der Waals surface area contributed by atoms with Crippen molar-refractivity contribution in [3.05, 3.63) is 50.4 Å². The molecule has 2 aromatic rings. The summed E-state index contributed by atoms with van der Waals surface area (Å²) in [5.41, 5.74) is 0.903. The highest BCUT2D eigenvalue weighted by atomic mass is 35.5. The number of nitrogens with one attached hydrogen (secondary N) is 1. The van der Waals surface area contributed by atoms with Crippen LogP contribution in [0.3, 0.4) is 0 Å². The fourth-order valence-electron chi connectivity index (χ4n) is 1.64. The van der Waals surface area contributed by atoms with Gasteiger partial charge >= 0.3 is 0 Å². The molecule has 2 rings (SSSR count). The van der Waals surface area contributed by atoms with Crippen LogP contribution >= 0.6 is 34.5 Å². The minimum absolute atomic E-state index is 0.164. The van der Waals surface area contributed by atoms with Gasteiger partial charge in [0.05, 0.1) is 5.54 Å². The molecule has 0 fully saturated rings. The lowest BCUT2D eigenvalue weighted by molar-refractivity contribution is 0.399. The lowest BCUT2D eigenvalue weighted by Gasteiger charge is -2.24. The molecular weight excluding hydrogens is 287 g/mol. The molecule has 1 aromatic heterocycles. The minimum atomic E-state index is -0.164. The van der Waals surface area contributed by atoms with E-state index < -0.39 is 0 Å². The molecule has 2 nitrogen and oxygen atoms in total. The smallest absolute Gasteiger partial charge is 0.112 e. The Labute approximate surface area is 121 Å². The predicted octanol–water partition coefficient (Wildman–Crippen LogP) is 4.47. The van der Waals surface area contributed by atoms with Crippen LogP contribution in [0, 0.1) is 0 Å². The van der Waals surface area contributed by atoms with Crippen molar-refractivity contribution < 1.29 is 0 Å². The summed E-state index contributed by atoms with van der Waals surface area (Å²) < 4.78 is 0. The first-order valence-corrected chi connectivity index (χ1v) is 7.21. The summed E-state index contributed by atoms with van der Waals surface area (Å²) in [7, 11) is 0. The van der Waals surface area contributed by atoms with Crippen molar-refractivity contribution in [3.8, 4) is 0 Å². The quantitative estimate of drug-likeness (QED) is 0.901. The Kier molecular flexibility index (Phi) is 4.28. The molecule has 1 heterocycles. The highest BCUT2D eigenvalue weighted by Gasteiger charge is 2.22. The Morgan fingerprint density at radius 1 is 1.22 bits per heavy atom. The van der Waals surface area contributed by atoms with Gasteiger partial charge in [-0.2, -0.15) is 0 Å². The third-order valence-electron chi connectivity index (χ3n) is 2.62. The standard InChI is InChI=1S/C13H14Cl2N2S/c1-13(2,12-16-3-4-18-12)17-8-9-5-10(14)7-11(15)6-9/h3-7,17H,8H2,1-2H3. The Morgan fingerprint density at radius 3 is 2.44 bits per heavy atom. The Balaban J connectivity index is 2.07. The zero-order valence-electron chi connectivity index (χ0n) is 10.2. The van der Waals surface area contributed by atoms with Gasteiger partial charge < -0.3 is 5.32 Å². The Bertz CT molecular complexity index is 504. The number of hydrogen-bond acceptors (Lipinski definition) is 3. The van der Waals surface area contributed by atoms with Gasteiger partial charge in [-0.1, -0.05) is 23.2 Å². The molecule has 0 aliphatic heterocycles. The van der Waals surface area contributed by atoms with Crippen LogP contribution in [-0.4, -0.2) is 4.98 Å². The molecule has 1 aromatic carbocycles. The molecule has 1 N–H and O–H groups in total. The summed E-state index contributed by atoms with van der Waals surface area (Å²) in [5.74, 6) is 0. The predicted molar refractivity (Wildman–Crippen MR) is 78.4 cm³/mol. The molecule has 0 amide bonds. The summed E-state index contributed by atoms with van der Waals surface area (Å²) in [6.45, 7) is 4.92. The Hall–Kier alpha value is -0.610. The molecule has 0 radical (unpaired) electrons. The number of nitrogens with zero attached hydrogens (tertiary/aromatic N) is 1. The maximum atomic E-state index is 5.98.